The van der Waals surface area contributed by atoms with E-state index >= 15 is 0 Å². The number of para-hydroxylation sites is 4. The topological polar surface area (TPSA) is 21.3 Å². The average Bonchev–Trinajstić information content (AvgIpc) is 3.78. The van der Waals surface area contributed by atoms with Gasteiger partial charge in [0.25, 0.3) is 0 Å². The van der Waals surface area contributed by atoms with Gasteiger partial charge in [0.2, 0.25) is 0 Å². The summed E-state index contributed by atoms with van der Waals surface area (Å²) in [6.45, 7) is 2.19. The Bertz CT molecular complexity index is 2900. The first-order valence-electron chi connectivity index (χ1n) is 18.3. The summed E-state index contributed by atoms with van der Waals surface area (Å²) >= 11 is 0. The molecule has 0 unspecified atom stereocenters. The molecule has 0 aliphatic heterocycles. The third-order valence-corrected chi connectivity index (χ3v) is 10.6. The SMILES string of the molecule is CCc1ccc(-c2ccc(N(c3ccccc3)c3ccc4c(c3)c3ccccc3n4-c3ccc(-c4cccc5c4oc4ccccc45)cc3)cc2)cc1. The zero-order valence-electron chi connectivity index (χ0n) is 29.4. The molecule has 3 nitrogen and oxygen atoms in total. The number of aromatic nitrogens is 1. The monoisotopic (exact) mass is 680 g/mol. The highest BCUT2D eigenvalue weighted by molar-refractivity contribution is 6.11. The van der Waals surface area contributed by atoms with Gasteiger partial charge in [-0.25, -0.2) is 0 Å². The Labute approximate surface area is 308 Å². The van der Waals surface area contributed by atoms with Gasteiger partial charge in [0.05, 0.1) is 11.0 Å². The Kier molecular flexibility index (Phi) is 7.43. The fourth-order valence-electron chi connectivity index (χ4n) is 7.90. The van der Waals surface area contributed by atoms with E-state index in [1.807, 2.05) is 12.1 Å². The predicted octanol–water partition coefficient (Wildman–Crippen LogP) is 14.0. The van der Waals surface area contributed by atoms with Gasteiger partial charge in [0.15, 0.2) is 0 Å². The summed E-state index contributed by atoms with van der Waals surface area (Å²) in [5.74, 6) is 0. The molecule has 3 heteroatoms. The van der Waals surface area contributed by atoms with E-state index < -0.39 is 0 Å². The minimum Gasteiger partial charge on any atom is -0.455 e. The molecule has 0 aliphatic carbocycles. The van der Waals surface area contributed by atoms with Gasteiger partial charge in [-0.05, 0) is 95.4 Å². The van der Waals surface area contributed by atoms with Gasteiger partial charge in [-0.1, -0.05) is 128 Å². The highest BCUT2D eigenvalue weighted by atomic mass is 16.3. The van der Waals surface area contributed by atoms with Crippen molar-refractivity contribution < 1.29 is 4.42 Å². The average molecular weight is 681 g/mol. The van der Waals surface area contributed by atoms with E-state index in [9.17, 15) is 0 Å². The van der Waals surface area contributed by atoms with Gasteiger partial charge >= 0.3 is 0 Å². The molecule has 8 aromatic carbocycles. The van der Waals surface area contributed by atoms with Crippen molar-refractivity contribution in [2.45, 2.75) is 13.3 Å². The number of hydrogen-bond donors (Lipinski definition) is 0. The zero-order chi connectivity index (χ0) is 35.3. The van der Waals surface area contributed by atoms with Crippen molar-refractivity contribution in [1.82, 2.24) is 4.57 Å². The van der Waals surface area contributed by atoms with Crippen LogP contribution in [0.15, 0.2) is 192 Å². The van der Waals surface area contributed by atoms with Crippen LogP contribution in [0.25, 0.3) is 71.7 Å². The predicted molar refractivity (Wildman–Crippen MR) is 223 cm³/mol. The number of rotatable bonds is 7. The van der Waals surface area contributed by atoms with Gasteiger partial charge < -0.3 is 13.9 Å². The number of nitrogens with zero attached hydrogens (tertiary/aromatic N) is 2. The first-order chi connectivity index (χ1) is 26.2. The minimum absolute atomic E-state index is 0.914. The van der Waals surface area contributed by atoms with Crippen LogP contribution in [0.1, 0.15) is 12.5 Å². The number of hydrogen-bond acceptors (Lipinski definition) is 2. The highest BCUT2D eigenvalue weighted by Crippen LogP contribution is 2.41. The molecule has 0 bridgehead atoms. The van der Waals surface area contributed by atoms with Crippen LogP contribution in [0, 0.1) is 0 Å². The minimum atomic E-state index is 0.914. The van der Waals surface area contributed by atoms with E-state index in [0.717, 1.165) is 62.2 Å². The molecule has 0 saturated heterocycles. The van der Waals surface area contributed by atoms with Crippen molar-refractivity contribution in [3.63, 3.8) is 0 Å². The van der Waals surface area contributed by atoms with Crippen LogP contribution < -0.4 is 4.90 Å². The first-order valence-corrected chi connectivity index (χ1v) is 18.3. The lowest BCUT2D eigenvalue weighted by Crippen LogP contribution is -2.09. The molecule has 2 aromatic heterocycles. The van der Waals surface area contributed by atoms with E-state index in [1.54, 1.807) is 0 Å². The second-order valence-electron chi connectivity index (χ2n) is 13.6. The van der Waals surface area contributed by atoms with Crippen LogP contribution in [0.4, 0.5) is 17.1 Å². The maximum absolute atomic E-state index is 6.37. The smallest absolute Gasteiger partial charge is 0.143 e. The summed E-state index contributed by atoms with van der Waals surface area (Å²) in [4.78, 5) is 2.35. The standard InChI is InChI=1S/C50H36N2O/c1-2-34-19-21-35(22-20-34)36-23-27-39(28-24-36)51(38-11-4-3-5-12-38)41-31-32-48-46(33-41)43-13-6-8-17-47(43)52(48)40-29-25-37(26-30-40)42-15-10-16-45-44-14-7-9-18-49(44)53-50(42)45/h3-33H,2H2,1H3. The van der Waals surface area contributed by atoms with Crippen LogP contribution in [-0.2, 0) is 6.42 Å². The molecular formula is C50H36N2O. The first kappa shape index (κ1) is 30.9. The van der Waals surface area contributed by atoms with E-state index in [0.29, 0.717) is 0 Å². The fourth-order valence-corrected chi connectivity index (χ4v) is 7.90. The fraction of sp³-hybridized carbons (Fsp3) is 0.0400. The number of fused-ring (bicyclic) bond motifs is 6. The summed E-state index contributed by atoms with van der Waals surface area (Å²) in [7, 11) is 0. The Morgan fingerprint density at radius 3 is 1.83 bits per heavy atom. The Hall–Kier alpha value is -6.84. The van der Waals surface area contributed by atoms with Crippen LogP contribution in [0.3, 0.4) is 0 Å². The van der Waals surface area contributed by atoms with Gasteiger partial charge in [-0.15, -0.1) is 0 Å². The summed E-state index contributed by atoms with van der Waals surface area (Å²) in [6.07, 6.45) is 1.04. The largest absolute Gasteiger partial charge is 0.455 e. The Morgan fingerprint density at radius 2 is 1.06 bits per heavy atom. The molecule has 0 fully saturated rings. The van der Waals surface area contributed by atoms with Gasteiger partial charge in [0.1, 0.15) is 11.2 Å². The maximum Gasteiger partial charge on any atom is 0.143 e. The number of aryl methyl sites for hydroxylation is 1. The van der Waals surface area contributed by atoms with E-state index in [4.69, 9.17) is 4.42 Å². The lowest BCUT2D eigenvalue weighted by atomic mass is 10.0. The molecule has 10 aromatic rings. The molecule has 0 atom stereocenters. The molecule has 252 valence electrons. The molecule has 0 amide bonds. The van der Waals surface area contributed by atoms with Gasteiger partial charge in [-0.2, -0.15) is 0 Å². The van der Waals surface area contributed by atoms with Crippen LogP contribution in [-0.4, -0.2) is 4.57 Å². The number of furan rings is 1. The van der Waals surface area contributed by atoms with Gasteiger partial charge in [0, 0.05) is 49.9 Å². The third kappa shape index (κ3) is 5.29. The van der Waals surface area contributed by atoms with Crippen molar-refractivity contribution in [3.05, 3.63) is 194 Å². The summed E-state index contributed by atoms with van der Waals surface area (Å²) < 4.78 is 8.76. The van der Waals surface area contributed by atoms with E-state index in [1.165, 1.54) is 38.5 Å². The number of anilines is 3. The molecule has 53 heavy (non-hydrogen) atoms. The molecule has 0 aliphatic rings. The van der Waals surface area contributed by atoms with E-state index in [2.05, 4.69) is 192 Å². The third-order valence-electron chi connectivity index (χ3n) is 10.6. The summed E-state index contributed by atoms with van der Waals surface area (Å²) in [5.41, 5.74) is 14.7. The van der Waals surface area contributed by atoms with Crippen molar-refractivity contribution >= 4 is 60.8 Å². The quantitative estimate of drug-likeness (QED) is 0.167. The second kappa shape index (κ2) is 12.7. The van der Waals surface area contributed by atoms with Crippen molar-refractivity contribution in [3.8, 4) is 27.9 Å². The Balaban J connectivity index is 1.06. The Morgan fingerprint density at radius 1 is 0.453 bits per heavy atom. The molecular weight excluding hydrogens is 645 g/mol. The van der Waals surface area contributed by atoms with Crippen molar-refractivity contribution in [2.24, 2.45) is 0 Å². The molecule has 0 N–H and O–H groups in total. The van der Waals surface area contributed by atoms with Crippen LogP contribution in [0.5, 0.6) is 0 Å². The van der Waals surface area contributed by atoms with Crippen molar-refractivity contribution in [1.29, 1.82) is 0 Å². The lowest BCUT2D eigenvalue weighted by molar-refractivity contribution is 0.670. The zero-order valence-corrected chi connectivity index (χ0v) is 29.4. The molecule has 2 heterocycles. The summed E-state index contributed by atoms with van der Waals surface area (Å²) in [6, 6.07) is 67.6. The van der Waals surface area contributed by atoms with Gasteiger partial charge in [-0.3, -0.25) is 0 Å². The van der Waals surface area contributed by atoms with E-state index in [-0.39, 0.29) is 0 Å². The maximum atomic E-state index is 6.37. The molecule has 0 saturated carbocycles. The molecule has 0 spiro atoms. The van der Waals surface area contributed by atoms with Crippen LogP contribution >= 0.6 is 0 Å². The normalized spacial score (nSPS) is 11.6. The number of benzene rings is 8. The highest BCUT2D eigenvalue weighted by Gasteiger charge is 2.18. The second-order valence-corrected chi connectivity index (χ2v) is 13.6. The van der Waals surface area contributed by atoms with Crippen molar-refractivity contribution in [2.75, 3.05) is 4.90 Å². The molecule has 10 rings (SSSR count). The summed E-state index contributed by atoms with van der Waals surface area (Å²) in [5, 5.41) is 4.72. The van der Waals surface area contributed by atoms with Crippen LogP contribution in [0.2, 0.25) is 0 Å². The molecule has 0 radical (unpaired) electrons. The lowest BCUT2D eigenvalue weighted by Gasteiger charge is -2.26.